The van der Waals surface area contributed by atoms with E-state index in [2.05, 4.69) is 15.4 Å². The quantitative estimate of drug-likeness (QED) is 0.465. The minimum atomic E-state index is -0.610. The molecule has 9 nitrogen and oxygen atoms in total. The van der Waals surface area contributed by atoms with Gasteiger partial charge in [0.15, 0.2) is 0 Å². The Balaban J connectivity index is 2.18. The SMILES string of the molecule is COC1CCCC(Oc2ncnc(NN)c2[N+](=O)[O-])C1. The Morgan fingerprint density at radius 3 is 2.85 bits per heavy atom. The van der Waals surface area contributed by atoms with Gasteiger partial charge in [-0.3, -0.25) is 10.1 Å². The predicted molar refractivity (Wildman–Crippen MR) is 70.2 cm³/mol. The first-order valence-electron chi connectivity index (χ1n) is 6.31. The van der Waals surface area contributed by atoms with Gasteiger partial charge in [-0.2, -0.15) is 4.98 Å². The van der Waals surface area contributed by atoms with Crippen molar-refractivity contribution in [2.45, 2.75) is 37.9 Å². The molecule has 1 saturated carbocycles. The summed E-state index contributed by atoms with van der Waals surface area (Å²) < 4.78 is 11.0. The lowest BCUT2D eigenvalue weighted by Gasteiger charge is -2.28. The maximum atomic E-state index is 11.1. The molecule has 0 amide bonds. The Kier molecular flexibility index (Phi) is 4.64. The van der Waals surface area contributed by atoms with Crippen LogP contribution in [-0.4, -0.2) is 34.2 Å². The first-order chi connectivity index (χ1) is 9.65. The van der Waals surface area contributed by atoms with Crippen LogP contribution in [0.3, 0.4) is 0 Å². The van der Waals surface area contributed by atoms with Crippen molar-refractivity contribution in [3.8, 4) is 5.88 Å². The molecule has 1 fully saturated rings. The second-order valence-corrected chi connectivity index (χ2v) is 4.54. The molecule has 2 atom stereocenters. The lowest BCUT2D eigenvalue weighted by atomic mass is 9.95. The van der Waals surface area contributed by atoms with Gasteiger partial charge in [-0.1, -0.05) is 0 Å². The van der Waals surface area contributed by atoms with Crippen LogP contribution in [-0.2, 0) is 4.74 Å². The highest BCUT2D eigenvalue weighted by molar-refractivity contribution is 5.60. The van der Waals surface area contributed by atoms with Gasteiger partial charge >= 0.3 is 5.69 Å². The fourth-order valence-electron chi connectivity index (χ4n) is 2.30. The summed E-state index contributed by atoms with van der Waals surface area (Å²) in [6.07, 6.45) is 4.54. The van der Waals surface area contributed by atoms with E-state index in [0.717, 1.165) is 19.3 Å². The van der Waals surface area contributed by atoms with Crippen molar-refractivity contribution in [1.82, 2.24) is 9.97 Å². The highest BCUT2D eigenvalue weighted by Gasteiger charge is 2.29. The van der Waals surface area contributed by atoms with Crippen LogP contribution in [0, 0.1) is 10.1 Å². The smallest absolute Gasteiger partial charge is 0.374 e. The molecule has 0 aromatic carbocycles. The molecule has 1 heterocycles. The van der Waals surface area contributed by atoms with E-state index in [1.807, 2.05) is 0 Å². The first kappa shape index (κ1) is 14.4. The fourth-order valence-corrected chi connectivity index (χ4v) is 2.30. The lowest BCUT2D eigenvalue weighted by molar-refractivity contribution is -0.385. The molecule has 0 bridgehead atoms. The van der Waals surface area contributed by atoms with Gasteiger partial charge in [0.05, 0.1) is 11.0 Å². The van der Waals surface area contributed by atoms with Crippen molar-refractivity contribution in [2.75, 3.05) is 12.5 Å². The maximum absolute atomic E-state index is 11.1. The van der Waals surface area contributed by atoms with E-state index in [1.54, 1.807) is 7.11 Å². The zero-order chi connectivity index (χ0) is 14.5. The Morgan fingerprint density at radius 2 is 2.20 bits per heavy atom. The summed E-state index contributed by atoms with van der Waals surface area (Å²) in [6, 6.07) is 0. The molecule has 0 saturated heterocycles. The average molecular weight is 283 g/mol. The van der Waals surface area contributed by atoms with E-state index in [4.69, 9.17) is 15.3 Å². The van der Waals surface area contributed by atoms with Crippen LogP contribution in [0.2, 0.25) is 0 Å². The van der Waals surface area contributed by atoms with Gasteiger partial charge in [0.1, 0.15) is 12.4 Å². The zero-order valence-corrected chi connectivity index (χ0v) is 11.1. The second kappa shape index (κ2) is 6.44. The number of hydrazine groups is 1. The minimum absolute atomic E-state index is 0.0697. The standard InChI is InChI=1S/C11H17N5O4/c1-19-7-3-2-4-8(5-7)20-11-9(16(17)18)10(15-12)13-6-14-11/h6-8H,2-5,12H2,1H3,(H,13,14,15). The number of rotatable bonds is 5. The summed E-state index contributed by atoms with van der Waals surface area (Å²) >= 11 is 0. The number of nitrogen functional groups attached to an aromatic ring is 1. The number of nitrogens with two attached hydrogens (primary N) is 1. The molecule has 1 aliphatic rings. The van der Waals surface area contributed by atoms with E-state index in [9.17, 15) is 10.1 Å². The number of nitrogens with zero attached hydrogens (tertiary/aromatic N) is 3. The number of anilines is 1. The minimum Gasteiger partial charge on any atom is -0.469 e. The lowest BCUT2D eigenvalue weighted by Crippen LogP contribution is -2.30. The molecule has 2 rings (SSSR count). The zero-order valence-electron chi connectivity index (χ0n) is 11.1. The number of nitro groups is 1. The topological polar surface area (TPSA) is 125 Å². The summed E-state index contributed by atoms with van der Waals surface area (Å²) in [4.78, 5) is 18.0. The molecule has 20 heavy (non-hydrogen) atoms. The first-order valence-corrected chi connectivity index (χ1v) is 6.31. The van der Waals surface area contributed by atoms with E-state index in [0.29, 0.717) is 6.42 Å². The van der Waals surface area contributed by atoms with Crippen molar-refractivity contribution < 1.29 is 14.4 Å². The van der Waals surface area contributed by atoms with Gasteiger partial charge in [0.2, 0.25) is 5.82 Å². The van der Waals surface area contributed by atoms with E-state index < -0.39 is 4.92 Å². The monoisotopic (exact) mass is 283 g/mol. The molecule has 0 spiro atoms. The van der Waals surface area contributed by atoms with E-state index >= 15 is 0 Å². The Labute approximate surface area is 115 Å². The molecule has 110 valence electrons. The molecule has 1 aliphatic carbocycles. The average Bonchev–Trinajstić information content (AvgIpc) is 2.46. The Hall–Kier alpha value is -2.00. The van der Waals surface area contributed by atoms with Gasteiger partial charge in [-0.25, -0.2) is 10.8 Å². The van der Waals surface area contributed by atoms with Crippen molar-refractivity contribution in [1.29, 1.82) is 0 Å². The molecule has 9 heteroatoms. The molecule has 2 unspecified atom stereocenters. The number of hydrogen-bond acceptors (Lipinski definition) is 8. The van der Waals surface area contributed by atoms with Crippen LogP contribution in [0.25, 0.3) is 0 Å². The predicted octanol–water partition coefficient (Wildman–Crippen LogP) is 1.01. The van der Waals surface area contributed by atoms with Crippen LogP contribution in [0.1, 0.15) is 25.7 Å². The molecular weight excluding hydrogens is 266 g/mol. The second-order valence-electron chi connectivity index (χ2n) is 4.54. The Morgan fingerprint density at radius 1 is 1.45 bits per heavy atom. The van der Waals surface area contributed by atoms with Crippen LogP contribution in [0.5, 0.6) is 5.88 Å². The fraction of sp³-hybridized carbons (Fsp3) is 0.636. The molecule has 0 aliphatic heterocycles. The number of ether oxygens (including phenoxy) is 2. The highest BCUT2D eigenvalue weighted by atomic mass is 16.6. The summed E-state index contributed by atoms with van der Waals surface area (Å²) in [5, 5.41) is 11.1. The Bertz CT molecular complexity index is 484. The van der Waals surface area contributed by atoms with Crippen LogP contribution >= 0.6 is 0 Å². The number of aromatic nitrogens is 2. The van der Waals surface area contributed by atoms with Gasteiger partial charge in [-0.15, -0.1) is 0 Å². The largest absolute Gasteiger partial charge is 0.469 e. The van der Waals surface area contributed by atoms with E-state index in [-0.39, 0.29) is 29.6 Å². The van der Waals surface area contributed by atoms with Crippen molar-refractivity contribution in [2.24, 2.45) is 5.84 Å². The summed E-state index contributed by atoms with van der Waals surface area (Å²) in [6.45, 7) is 0. The molecular formula is C11H17N5O4. The van der Waals surface area contributed by atoms with Crippen molar-refractivity contribution in [3.63, 3.8) is 0 Å². The number of hydrogen-bond donors (Lipinski definition) is 2. The molecule has 1 aromatic heterocycles. The van der Waals surface area contributed by atoms with Crippen LogP contribution < -0.4 is 16.0 Å². The summed E-state index contributed by atoms with van der Waals surface area (Å²) in [5.74, 6) is 5.07. The maximum Gasteiger partial charge on any atom is 0.374 e. The van der Waals surface area contributed by atoms with Crippen LogP contribution in [0.4, 0.5) is 11.5 Å². The normalized spacial score (nSPS) is 22.3. The van der Waals surface area contributed by atoms with Gasteiger partial charge in [0.25, 0.3) is 5.88 Å². The van der Waals surface area contributed by atoms with Crippen LogP contribution in [0.15, 0.2) is 6.33 Å². The van der Waals surface area contributed by atoms with Crippen molar-refractivity contribution in [3.05, 3.63) is 16.4 Å². The van der Waals surface area contributed by atoms with E-state index in [1.165, 1.54) is 6.33 Å². The van der Waals surface area contributed by atoms with Crippen molar-refractivity contribution >= 4 is 11.5 Å². The highest BCUT2D eigenvalue weighted by Crippen LogP contribution is 2.33. The number of methoxy groups -OCH3 is 1. The van der Waals surface area contributed by atoms with Gasteiger partial charge in [-0.05, 0) is 19.3 Å². The molecule has 0 radical (unpaired) electrons. The third kappa shape index (κ3) is 3.11. The number of nitrogens with one attached hydrogen (secondary N) is 1. The molecule has 3 N–H and O–H groups in total. The third-order valence-corrected chi connectivity index (χ3v) is 3.30. The summed E-state index contributed by atoms with van der Waals surface area (Å²) in [7, 11) is 1.65. The molecule has 1 aromatic rings. The summed E-state index contributed by atoms with van der Waals surface area (Å²) in [5.41, 5.74) is 1.82. The van der Waals surface area contributed by atoms with Gasteiger partial charge < -0.3 is 14.9 Å². The van der Waals surface area contributed by atoms with Gasteiger partial charge in [0, 0.05) is 13.5 Å². The third-order valence-electron chi connectivity index (χ3n) is 3.30.